The first-order valence-corrected chi connectivity index (χ1v) is 7.62. The molecule has 2 rings (SSSR count). The van der Waals surface area contributed by atoms with Crippen LogP contribution in [0.15, 0.2) is 39.4 Å². The van der Waals surface area contributed by atoms with Crippen LogP contribution in [0, 0.1) is 0 Å². The number of ether oxygens (including phenoxy) is 1. The zero-order valence-electron chi connectivity index (χ0n) is 11.4. The number of nitrogens with zero attached hydrogens (tertiary/aromatic N) is 1. The molecule has 7 heteroatoms. The van der Waals surface area contributed by atoms with Crippen LogP contribution < -0.4 is 15.4 Å². The minimum absolute atomic E-state index is 0.289. The van der Waals surface area contributed by atoms with Crippen LogP contribution in [0.3, 0.4) is 0 Å². The van der Waals surface area contributed by atoms with Crippen molar-refractivity contribution in [1.29, 1.82) is 0 Å². The Kier molecular flexibility index (Phi) is 5.19. The number of hydrogen-bond donors (Lipinski definition) is 2. The largest absolute Gasteiger partial charge is 0.495 e. The summed E-state index contributed by atoms with van der Waals surface area (Å²) in [5.74, 6) is 0.342. The van der Waals surface area contributed by atoms with Crippen LogP contribution >= 0.6 is 31.9 Å². The van der Waals surface area contributed by atoms with Crippen LogP contribution in [0.25, 0.3) is 0 Å². The van der Waals surface area contributed by atoms with Crippen LogP contribution in [0.2, 0.25) is 0 Å². The Balaban J connectivity index is 2.22. The van der Waals surface area contributed by atoms with Crippen LogP contribution in [0.5, 0.6) is 5.75 Å². The Bertz CT molecular complexity index is 660. The summed E-state index contributed by atoms with van der Waals surface area (Å²) in [6.07, 6.45) is 1.60. The van der Waals surface area contributed by atoms with Crippen molar-refractivity contribution in [2.75, 3.05) is 24.8 Å². The molecular weight excluding hydrogens is 402 g/mol. The van der Waals surface area contributed by atoms with E-state index in [2.05, 4.69) is 47.5 Å². The van der Waals surface area contributed by atoms with Crippen molar-refractivity contribution in [3.05, 3.63) is 45.1 Å². The monoisotopic (exact) mass is 413 g/mol. The van der Waals surface area contributed by atoms with Gasteiger partial charge in [-0.1, -0.05) is 0 Å². The minimum Gasteiger partial charge on any atom is -0.495 e. The predicted octanol–water partition coefficient (Wildman–Crippen LogP) is 3.91. The zero-order valence-corrected chi connectivity index (χ0v) is 14.6. The Morgan fingerprint density at radius 3 is 2.57 bits per heavy atom. The van der Waals surface area contributed by atoms with Crippen molar-refractivity contribution >= 4 is 49.1 Å². The maximum atomic E-state index is 12.2. The lowest BCUT2D eigenvalue weighted by Crippen LogP contribution is -2.14. The number of anilines is 2. The number of rotatable bonds is 4. The topological polar surface area (TPSA) is 63.2 Å². The van der Waals surface area contributed by atoms with Gasteiger partial charge in [-0.25, -0.2) is 4.98 Å². The third-order valence-electron chi connectivity index (χ3n) is 2.77. The number of carbonyl (C=O) groups is 1. The molecule has 0 unspecified atom stereocenters. The van der Waals surface area contributed by atoms with Crippen molar-refractivity contribution in [2.45, 2.75) is 0 Å². The van der Waals surface area contributed by atoms with Gasteiger partial charge < -0.3 is 15.4 Å². The average molecular weight is 415 g/mol. The highest BCUT2D eigenvalue weighted by molar-refractivity contribution is 9.11. The second kappa shape index (κ2) is 6.91. The van der Waals surface area contributed by atoms with Crippen LogP contribution in [-0.4, -0.2) is 25.0 Å². The molecule has 0 bridgehead atoms. The Labute approximate surface area is 139 Å². The normalized spacial score (nSPS) is 10.1. The summed E-state index contributed by atoms with van der Waals surface area (Å²) in [6, 6.07) is 6.99. The summed E-state index contributed by atoms with van der Waals surface area (Å²) in [6.45, 7) is 0. The minimum atomic E-state index is -0.289. The molecule has 1 aromatic heterocycles. The van der Waals surface area contributed by atoms with Crippen molar-refractivity contribution in [1.82, 2.24) is 4.98 Å². The summed E-state index contributed by atoms with van der Waals surface area (Å²) in [5.41, 5.74) is 1.79. The maximum absolute atomic E-state index is 12.2. The van der Waals surface area contributed by atoms with E-state index in [0.717, 1.165) is 14.6 Å². The van der Waals surface area contributed by atoms with E-state index in [0.29, 0.717) is 17.1 Å². The molecule has 0 saturated heterocycles. The van der Waals surface area contributed by atoms with Crippen molar-refractivity contribution in [3.63, 3.8) is 0 Å². The number of hydrogen-bond acceptors (Lipinski definition) is 4. The first-order chi connectivity index (χ1) is 10.0. The SMILES string of the molecule is CNc1ccc(C(=O)Nc2cc(OC)c(Br)cc2Br)nc1. The van der Waals surface area contributed by atoms with E-state index >= 15 is 0 Å². The summed E-state index contributed by atoms with van der Waals surface area (Å²) < 4.78 is 6.76. The summed E-state index contributed by atoms with van der Waals surface area (Å²) in [5, 5.41) is 5.75. The van der Waals surface area contributed by atoms with Crippen LogP contribution in [0.1, 0.15) is 10.5 Å². The van der Waals surface area contributed by atoms with Crippen molar-refractivity contribution in [3.8, 4) is 5.75 Å². The van der Waals surface area contributed by atoms with Gasteiger partial charge in [0.1, 0.15) is 11.4 Å². The van der Waals surface area contributed by atoms with Crippen molar-refractivity contribution in [2.24, 2.45) is 0 Å². The first-order valence-electron chi connectivity index (χ1n) is 6.03. The van der Waals surface area contributed by atoms with Crippen LogP contribution in [0.4, 0.5) is 11.4 Å². The molecule has 0 atom stereocenters. The van der Waals surface area contributed by atoms with E-state index in [1.54, 1.807) is 38.6 Å². The second-order valence-corrected chi connectivity index (χ2v) is 5.81. The third kappa shape index (κ3) is 3.74. The molecule has 21 heavy (non-hydrogen) atoms. The zero-order chi connectivity index (χ0) is 15.4. The fourth-order valence-corrected chi connectivity index (χ4v) is 2.90. The van der Waals surface area contributed by atoms with E-state index in [9.17, 15) is 4.79 Å². The summed E-state index contributed by atoms with van der Waals surface area (Å²) in [7, 11) is 3.36. The van der Waals surface area contributed by atoms with Crippen LogP contribution in [-0.2, 0) is 0 Å². The fraction of sp³-hybridized carbons (Fsp3) is 0.143. The average Bonchev–Trinajstić information content (AvgIpc) is 2.50. The van der Waals surface area contributed by atoms with E-state index < -0.39 is 0 Å². The number of methoxy groups -OCH3 is 1. The number of nitrogens with one attached hydrogen (secondary N) is 2. The molecule has 2 N–H and O–H groups in total. The lowest BCUT2D eigenvalue weighted by atomic mass is 10.2. The second-order valence-electron chi connectivity index (χ2n) is 4.10. The molecule has 0 spiro atoms. The lowest BCUT2D eigenvalue weighted by molar-refractivity contribution is 0.102. The number of benzene rings is 1. The molecule has 1 aromatic carbocycles. The first kappa shape index (κ1) is 15.8. The van der Waals surface area contributed by atoms with E-state index in [1.807, 2.05) is 6.07 Å². The van der Waals surface area contributed by atoms with Gasteiger partial charge in [0.05, 0.1) is 29.2 Å². The number of aromatic nitrogens is 1. The molecule has 0 radical (unpaired) electrons. The Morgan fingerprint density at radius 1 is 1.24 bits per heavy atom. The number of amides is 1. The molecule has 0 aliphatic heterocycles. The van der Waals surface area contributed by atoms with Gasteiger partial charge in [0.15, 0.2) is 0 Å². The Hall–Kier alpha value is -1.60. The predicted molar refractivity (Wildman–Crippen MR) is 90.1 cm³/mol. The Morgan fingerprint density at radius 2 is 2.00 bits per heavy atom. The fourth-order valence-electron chi connectivity index (χ4n) is 1.64. The van der Waals surface area contributed by atoms with Gasteiger partial charge >= 0.3 is 0 Å². The smallest absolute Gasteiger partial charge is 0.274 e. The van der Waals surface area contributed by atoms with Gasteiger partial charge in [0, 0.05) is 17.6 Å². The van der Waals surface area contributed by atoms with E-state index in [1.165, 1.54) is 0 Å². The summed E-state index contributed by atoms with van der Waals surface area (Å²) in [4.78, 5) is 16.3. The van der Waals surface area contributed by atoms with Gasteiger partial charge in [-0.3, -0.25) is 4.79 Å². The molecule has 0 aliphatic rings. The molecular formula is C14H13Br2N3O2. The van der Waals surface area contributed by atoms with Gasteiger partial charge in [0.25, 0.3) is 5.91 Å². The molecule has 0 aliphatic carbocycles. The summed E-state index contributed by atoms with van der Waals surface area (Å²) >= 11 is 6.79. The molecule has 5 nitrogen and oxygen atoms in total. The number of halogens is 2. The standard InChI is InChI=1S/C14H13Br2N3O2/c1-17-8-3-4-11(18-7-8)14(20)19-12-6-13(21-2)10(16)5-9(12)15/h3-7,17H,1-2H3,(H,19,20). The molecule has 0 fully saturated rings. The van der Waals surface area contributed by atoms with E-state index in [-0.39, 0.29) is 5.91 Å². The number of carbonyl (C=O) groups excluding carboxylic acids is 1. The van der Waals surface area contributed by atoms with Gasteiger partial charge in [-0.05, 0) is 50.1 Å². The molecule has 110 valence electrons. The third-order valence-corrected chi connectivity index (χ3v) is 4.05. The molecule has 1 heterocycles. The van der Waals surface area contributed by atoms with Gasteiger partial charge in [-0.15, -0.1) is 0 Å². The highest BCUT2D eigenvalue weighted by Gasteiger charge is 2.12. The van der Waals surface area contributed by atoms with E-state index in [4.69, 9.17) is 4.74 Å². The molecule has 1 amide bonds. The van der Waals surface area contributed by atoms with Gasteiger partial charge in [0.2, 0.25) is 0 Å². The maximum Gasteiger partial charge on any atom is 0.274 e. The highest BCUT2D eigenvalue weighted by Crippen LogP contribution is 2.34. The van der Waals surface area contributed by atoms with Crippen molar-refractivity contribution < 1.29 is 9.53 Å². The number of pyridine rings is 1. The van der Waals surface area contributed by atoms with Gasteiger partial charge in [-0.2, -0.15) is 0 Å². The molecule has 2 aromatic rings. The highest BCUT2D eigenvalue weighted by atomic mass is 79.9. The quantitative estimate of drug-likeness (QED) is 0.796. The molecule has 0 saturated carbocycles. The lowest BCUT2D eigenvalue weighted by Gasteiger charge is -2.11.